The highest BCUT2D eigenvalue weighted by Gasteiger charge is 2.30. The van der Waals surface area contributed by atoms with Crippen molar-refractivity contribution in [1.29, 1.82) is 0 Å². The largest absolute Gasteiger partial charge is 0.465 e. The Morgan fingerprint density at radius 3 is 2.81 bits per heavy atom. The van der Waals surface area contributed by atoms with Crippen LogP contribution in [0.4, 0.5) is 0 Å². The van der Waals surface area contributed by atoms with E-state index in [4.69, 9.17) is 4.74 Å². The number of rotatable bonds is 10. The number of esters is 1. The molecule has 7 heteroatoms. The van der Waals surface area contributed by atoms with Crippen molar-refractivity contribution in [3.05, 3.63) is 41.9 Å². The molecule has 1 aromatic heterocycles. The van der Waals surface area contributed by atoms with E-state index in [0.717, 1.165) is 25.1 Å². The Morgan fingerprint density at radius 2 is 2.03 bits per heavy atom. The van der Waals surface area contributed by atoms with Crippen LogP contribution >= 0.6 is 0 Å². The molecule has 0 saturated carbocycles. The molecule has 2 heterocycles. The fraction of sp³-hybridized carbons (Fsp3) is 0.600. The monoisotopic (exact) mass is 441 g/mol. The molecular formula is C25H35N3O4. The SMILES string of the molecule is CCOC(=O)CN(CCc1ccccn1)C(=O)CCCC(=O)N1CCCC2CCCC=C21. The average Bonchev–Trinajstić information content (AvgIpc) is 2.82. The summed E-state index contributed by atoms with van der Waals surface area (Å²) in [6.07, 6.45) is 11.2. The van der Waals surface area contributed by atoms with Gasteiger partial charge in [-0.05, 0) is 63.5 Å². The predicted octanol–water partition coefficient (Wildman–Crippen LogP) is 3.49. The maximum Gasteiger partial charge on any atom is 0.325 e. The van der Waals surface area contributed by atoms with E-state index in [1.807, 2.05) is 23.1 Å². The molecule has 32 heavy (non-hydrogen) atoms. The Hall–Kier alpha value is -2.70. The lowest BCUT2D eigenvalue weighted by atomic mass is 9.85. The van der Waals surface area contributed by atoms with Crippen molar-refractivity contribution >= 4 is 17.8 Å². The minimum Gasteiger partial charge on any atom is -0.465 e. The number of pyridine rings is 1. The fourth-order valence-corrected chi connectivity index (χ4v) is 4.58. The number of piperidine rings is 1. The van der Waals surface area contributed by atoms with Crippen LogP contribution in [-0.2, 0) is 25.5 Å². The van der Waals surface area contributed by atoms with Crippen molar-refractivity contribution in [2.24, 2.45) is 5.92 Å². The minimum atomic E-state index is -0.415. The quantitative estimate of drug-likeness (QED) is 0.519. The van der Waals surface area contributed by atoms with E-state index in [-0.39, 0.29) is 31.4 Å². The van der Waals surface area contributed by atoms with E-state index in [9.17, 15) is 14.4 Å². The van der Waals surface area contributed by atoms with Crippen molar-refractivity contribution in [2.45, 2.75) is 64.7 Å². The Labute approximate surface area is 190 Å². The third-order valence-corrected chi connectivity index (χ3v) is 6.20. The van der Waals surface area contributed by atoms with Gasteiger partial charge in [0.25, 0.3) is 0 Å². The number of fused-ring (bicyclic) bond motifs is 1. The number of likely N-dealkylation sites (tertiary alicyclic amines) is 1. The van der Waals surface area contributed by atoms with Gasteiger partial charge < -0.3 is 14.5 Å². The van der Waals surface area contributed by atoms with E-state index >= 15 is 0 Å². The van der Waals surface area contributed by atoms with Crippen molar-refractivity contribution in [3.8, 4) is 0 Å². The van der Waals surface area contributed by atoms with Gasteiger partial charge in [0, 0.05) is 49.9 Å². The molecule has 3 rings (SSSR count). The highest BCUT2D eigenvalue weighted by Crippen LogP contribution is 2.35. The van der Waals surface area contributed by atoms with Crippen LogP contribution in [0.2, 0.25) is 0 Å². The number of nitrogens with zero attached hydrogens (tertiary/aromatic N) is 3. The van der Waals surface area contributed by atoms with E-state index < -0.39 is 5.97 Å². The molecule has 1 saturated heterocycles. The third kappa shape index (κ3) is 6.90. The summed E-state index contributed by atoms with van der Waals surface area (Å²) in [6.45, 7) is 3.13. The zero-order valence-electron chi connectivity index (χ0n) is 19.1. The summed E-state index contributed by atoms with van der Waals surface area (Å²) in [6, 6.07) is 5.64. The summed E-state index contributed by atoms with van der Waals surface area (Å²) in [5.74, 6) is 0.0903. The first-order chi connectivity index (χ1) is 15.6. The maximum absolute atomic E-state index is 12.9. The lowest BCUT2D eigenvalue weighted by molar-refractivity contribution is -0.149. The molecule has 1 aliphatic carbocycles. The van der Waals surface area contributed by atoms with E-state index in [1.165, 1.54) is 29.9 Å². The molecule has 1 unspecified atom stereocenters. The average molecular weight is 442 g/mol. The van der Waals surface area contributed by atoms with Crippen LogP contribution < -0.4 is 0 Å². The van der Waals surface area contributed by atoms with Gasteiger partial charge in [0.1, 0.15) is 6.54 Å². The van der Waals surface area contributed by atoms with Crippen LogP contribution in [-0.4, -0.2) is 58.8 Å². The summed E-state index contributed by atoms with van der Waals surface area (Å²) in [5, 5.41) is 0. The Balaban J connectivity index is 1.51. The van der Waals surface area contributed by atoms with Gasteiger partial charge in [0.15, 0.2) is 0 Å². The van der Waals surface area contributed by atoms with Gasteiger partial charge in [-0.25, -0.2) is 0 Å². The summed E-state index contributed by atoms with van der Waals surface area (Å²) in [4.78, 5) is 45.5. The Morgan fingerprint density at radius 1 is 1.19 bits per heavy atom. The number of carbonyl (C=O) groups excluding carboxylic acids is 3. The van der Waals surface area contributed by atoms with Gasteiger partial charge in [0.05, 0.1) is 6.61 Å². The number of carbonyl (C=O) groups is 3. The van der Waals surface area contributed by atoms with Gasteiger partial charge in [-0.15, -0.1) is 0 Å². The molecule has 0 aromatic carbocycles. The smallest absolute Gasteiger partial charge is 0.325 e. The number of hydrogen-bond acceptors (Lipinski definition) is 5. The molecule has 174 valence electrons. The minimum absolute atomic E-state index is 0.0753. The van der Waals surface area contributed by atoms with Gasteiger partial charge in [-0.1, -0.05) is 12.1 Å². The third-order valence-electron chi connectivity index (χ3n) is 6.20. The van der Waals surface area contributed by atoms with Crippen molar-refractivity contribution in [1.82, 2.24) is 14.8 Å². The van der Waals surface area contributed by atoms with Crippen LogP contribution in [0.1, 0.15) is 64.0 Å². The number of hydrogen-bond donors (Lipinski definition) is 0. The highest BCUT2D eigenvalue weighted by atomic mass is 16.5. The lowest BCUT2D eigenvalue weighted by Gasteiger charge is -2.38. The lowest BCUT2D eigenvalue weighted by Crippen LogP contribution is -2.39. The van der Waals surface area contributed by atoms with Crippen molar-refractivity contribution in [2.75, 3.05) is 26.2 Å². The first-order valence-corrected chi connectivity index (χ1v) is 11.9. The second-order valence-corrected chi connectivity index (χ2v) is 8.49. The predicted molar refractivity (Wildman–Crippen MR) is 121 cm³/mol. The van der Waals surface area contributed by atoms with Crippen LogP contribution in [0.15, 0.2) is 36.2 Å². The molecule has 0 bridgehead atoms. The van der Waals surface area contributed by atoms with Crippen molar-refractivity contribution < 1.29 is 19.1 Å². The van der Waals surface area contributed by atoms with Crippen LogP contribution in [0, 0.1) is 5.92 Å². The molecule has 1 atom stereocenters. The van der Waals surface area contributed by atoms with Crippen LogP contribution in [0.3, 0.4) is 0 Å². The first-order valence-electron chi connectivity index (χ1n) is 11.9. The number of aromatic nitrogens is 1. The normalized spacial score (nSPS) is 17.8. The molecule has 1 fully saturated rings. The zero-order valence-corrected chi connectivity index (χ0v) is 19.1. The zero-order chi connectivity index (χ0) is 22.8. The van der Waals surface area contributed by atoms with Gasteiger partial charge >= 0.3 is 5.97 Å². The molecular weight excluding hydrogens is 406 g/mol. The van der Waals surface area contributed by atoms with E-state index in [2.05, 4.69) is 11.1 Å². The molecule has 2 amide bonds. The fourth-order valence-electron chi connectivity index (χ4n) is 4.58. The Kier molecular flexibility index (Phi) is 9.26. The van der Waals surface area contributed by atoms with E-state index in [0.29, 0.717) is 31.7 Å². The summed E-state index contributed by atoms with van der Waals surface area (Å²) >= 11 is 0. The molecule has 7 nitrogen and oxygen atoms in total. The first kappa shape index (κ1) is 24.0. The molecule has 1 aliphatic heterocycles. The topological polar surface area (TPSA) is 79.8 Å². The maximum atomic E-state index is 12.9. The van der Waals surface area contributed by atoms with E-state index in [1.54, 1.807) is 13.1 Å². The second kappa shape index (κ2) is 12.4. The molecule has 1 aromatic rings. The van der Waals surface area contributed by atoms with Crippen LogP contribution in [0.5, 0.6) is 0 Å². The van der Waals surface area contributed by atoms with Gasteiger partial charge in [0.2, 0.25) is 11.8 Å². The molecule has 0 radical (unpaired) electrons. The standard InChI is InChI=1S/C25H35N3O4/c1-2-32-25(31)19-27(18-15-21-11-5-6-16-26-21)23(29)13-7-14-24(30)28-17-8-10-20-9-3-4-12-22(20)28/h5-6,11-12,16,20H,2-4,7-10,13-15,17-19H2,1H3. The second-order valence-electron chi connectivity index (χ2n) is 8.49. The van der Waals surface area contributed by atoms with Crippen LogP contribution in [0.25, 0.3) is 0 Å². The molecule has 0 spiro atoms. The summed E-state index contributed by atoms with van der Waals surface area (Å²) in [5.41, 5.74) is 2.07. The number of allylic oxidation sites excluding steroid dienone is 2. The van der Waals surface area contributed by atoms with Crippen molar-refractivity contribution in [3.63, 3.8) is 0 Å². The molecule has 2 aliphatic rings. The van der Waals surface area contributed by atoms with Gasteiger partial charge in [-0.2, -0.15) is 0 Å². The highest BCUT2D eigenvalue weighted by molar-refractivity contribution is 5.83. The summed E-state index contributed by atoms with van der Waals surface area (Å²) in [7, 11) is 0. The summed E-state index contributed by atoms with van der Waals surface area (Å²) < 4.78 is 5.03. The number of amides is 2. The van der Waals surface area contributed by atoms with Gasteiger partial charge in [-0.3, -0.25) is 19.4 Å². The number of ether oxygens (including phenoxy) is 1. The Bertz CT molecular complexity index is 809. The molecule has 0 N–H and O–H groups in total.